The summed E-state index contributed by atoms with van der Waals surface area (Å²) in [5, 5.41) is 0. The fraction of sp³-hybridized carbons (Fsp3) is 1.00. The molecule has 14 saturated carbocycles. The lowest BCUT2D eigenvalue weighted by molar-refractivity contribution is -0.910. The average Bonchev–Trinajstić information content (AvgIpc) is 3.64. The molecule has 0 nitrogen and oxygen atoms in total. The first kappa shape index (κ1) is 15.9. The fourth-order valence-corrected chi connectivity index (χ4v) is 18.9. The monoisotopic (exact) mass is 424 g/mol. The molecule has 0 amide bonds. The highest BCUT2D eigenvalue weighted by atomic mass is 15.4. The molecule has 0 saturated heterocycles. The first-order valence-electron chi connectivity index (χ1n) is 15.8. The standard InChI is InChI=1S/C32H40/c1-2-17(1)25-26(18-3-4-18)29(21-9-10-21)27(25,19-5-6-19)31(23-13-14-23)28(25,20-7-8-20)30(26,22-11-12-22)32(29,31)24-15-16-24/h17-24H,1-16H2. The van der Waals surface area contributed by atoms with Crippen LogP contribution in [0.1, 0.15) is 103 Å². The largest absolute Gasteiger partial charge is 0.0496 e. The van der Waals surface area contributed by atoms with Gasteiger partial charge in [-0.2, -0.15) is 0 Å². The molecular formula is C32H40. The predicted molar refractivity (Wildman–Crippen MR) is 121 cm³/mol. The summed E-state index contributed by atoms with van der Waals surface area (Å²) in [5.41, 5.74) is 7.67. The van der Waals surface area contributed by atoms with Crippen molar-refractivity contribution < 1.29 is 0 Å². The van der Waals surface area contributed by atoms with E-state index in [1.165, 1.54) is 47.3 Å². The maximum atomic E-state index is 1.69. The molecule has 14 aliphatic rings. The van der Waals surface area contributed by atoms with Crippen molar-refractivity contribution in [2.75, 3.05) is 0 Å². The summed E-state index contributed by atoms with van der Waals surface area (Å²) in [6.45, 7) is 0. The third-order valence-electron chi connectivity index (χ3n) is 17.0. The lowest BCUT2D eigenvalue weighted by Gasteiger charge is -3.35. The van der Waals surface area contributed by atoms with Crippen LogP contribution in [-0.4, -0.2) is 0 Å². The molecule has 0 aromatic carbocycles. The van der Waals surface area contributed by atoms with Crippen molar-refractivity contribution in [2.45, 2.75) is 103 Å². The van der Waals surface area contributed by atoms with E-state index in [2.05, 4.69) is 0 Å². The Morgan fingerprint density at radius 2 is 0.281 bits per heavy atom. The number of hydrogen-bond acceptors (Lipinski definition) is 0. The highest BCUT2D eigenvalue weighted by molar-refractivity contribution is 5.84. The Bertz CT molecular complexity index is 765. The first-order valence-corrected chi connectivity index (χ1v) is 15.8. The molecule has 0 aromatic heterocycles. The maximum absolute atomic E-state index is 1.69. The molecule has 0 radical (unpaired) electrons. The second kappa shape index (κ2) is 3.60. The van der Waals surface area contributed by atoms with E-state index in [4.69, 9.17) is 0 Å². The Labute approximate surface area is 193 Å². The minimum Gasteiger partial charge on any atom is -0.0496 e. The summed E-state index contributed by atoms with van der Waals surface area (Å²) in [7, 11) is 0. The van der Waals surface area contributed by atoms with Crippen molar-refractivity contribution in [1.82, 2.24) is 0 Å². The quantitative estimate of drug-likeness (QED) is 0.386. The highest BCUT2D eigenvalue weighted by Crippen LogP contribution is 3.41. The molecule has 32 heavy (non-hydrogen) atoms. The molecule has 14 aliphatic carbocycles. The zero-order chi connectivity index (χ0) is 19.9. The van der Waals surface area contributed by atoms with Crippen LogP contribution in [0.3, 0.4) is 0 Å². The SMILES string of the molecule is C1CC1C12C3(C4CC4)C4(C5CC5)C1(C1CC1)C1(C5CC5)C2(C2CC2)C3(C2CC2)C41C1CC1. The van der Waals surface area contributed by atoms with Gasteiger partial charge in [-0.15, -0.1) is 0 Å². The Morgan fingerprint density at radius 1 is 0.188 bits per heavy atom. The molecule has 0 N–H and O–H groups in total. The van der Waals surface area contributed by atoms with Crippen LogP contribution in [0.5, 0.6) is 0 Å². The van der Waals surface area contributed by atoms with E-state index in [0.29, 0.717) is 0 Å². The summed E-state index contributed by atoms with van der Waals surface area (Å²) in [4.78, 5) is 0. The minimum atomic E-state index is 0.959. The Balaban J connectivity index is 1.25. The van der Waals surface area contributed by atoms with Crippen LogP contribution in [0.2, 0.25) is 0 Å². The second-order valence-corrected chi connectivity index (χ2v) is 16.7. The van der Waals surface area contributed by atoms with Crippen LogP contribution in [0.4, 0.5) is 0 Å². The van der Waals surface area contributed by atoms with E-state index in [1.807, 2.05) is 0 Å². The lowest BCUT2D eigenvalue weighted by Crippen LogP contribution is -3.34. The third kappa shape index (κ3) is 0.779. The van der Waals surface area contributed by atoms with E-state index in [0.717, 1.165) is 43.3 Å². The van der Waals surface area contributed by atoms with Crippen molar-refractivity contribution in [1.29, 1.82) is 0 Å². The molecule has 0 heteroatoms. The van der Waals surface area contributed by atoms with Gasteiger partial charge in [0.1, 0.15) is 0 Å². The molecular weight excluding hydrogens is 384 g/mol. The van der Waals surface area contributed by atoms with Gasteiger partial charge >= 0.3 is 0 Å². The van der Waals surface area contributed by atoms with E-state index < -0.39 is 0 Å². The molecule has 14 fully saturated rings. The molecule has 168 valence electrons. The predicted octanol–water partition coefficient (Wildman–Crippen LogP) is 7.23. The third-order valence-corrected chi connectivity index (χ3v) is 17.0. The molecule has 0 unspecified atom stereocenters. The smallest absolute Gasteiger partial charge is 0.00568 e. The van der Waals surface area contributed by atoms with E-state index in [1.54, 1.807) is 103 Å². The fourth-order valence-electron chi connectivity index (χ4n) is 18.9. The molecule has 0 heterocycles. The molecule has 0 atom stereocenters. The van der Waals surface area contributed by atoms with Crippen LogP contribution in [0, 0.1) is 90.7 Å². The summed E-state index contributed by atoms with van der Waals surface area (Å²) < 4.78 is 0. The first-order chi connectivity index (χ1) is 15.8. The normalized spacial score (nSPS) is 73.5. The molecule has 0 spiro atoms. The summed E-state index contributed by atoms with van der Waals surface area (Å²) in [6.07, 6.45) is 27.0. The highest BCUT2D eigenvalue weighted by Gasteiger charge is 3.40. The van der Waals surface area contributed by atoms with Gasteiger partial charge in [0.15, 0.2) is 0 Å². The van der Waals surface area contributed by atoms with E-state index in [-0.39, 0.29) is 0 Å². The topological polar surface area (TPSA) is 0 Å². The van der Waals surface area contributed by atoms with Crippen molar-refractivity contribution in [3.8, 4) is 0 Å². The minimum absolute atomic E-state index is 0.959. The molecule has 0 aromatic rings. The van der Waals surface area contributed by atoms with Crippen molar-refractivity contribution >= 4 is 0 Å². The summed E-state index contributed by atoms with van der Waals surface area (Å²) in [6, 6.07) is 0. The van der Waals surface area contributed by atoms with Crippen LogP contribution in [0.25, 0.3) is 0 Å². The van der Waals surface area contributed by atoms with Gasteiger partial charge in [0.05, 0.1) is 0 Å². The Kier molecular flexibility index (Phi) is 1.79. The Hall–Kier alpha value is 0. The van der Waals surface area contributed by atoms with Gasteiger partial charge in [-0.3, -0.25) is 0 Å². The van der Waals surface area contributed by atoms with Gasteiger partial charge in [0.25, 0.3) is 0 Å². The maximum Gasteiger partial charge on any atom is -0.00568 e. The number of rotatable bonds is 8. The van der Waals surface area contributed by atoms with Gasteiger partial charge in [0, 0.05) is 0 Å². The molecule has 14 rings (SSSR count). The zero-order valence-corrected chi connectivity index (χ0v) is 19.9. The van der Waals surface area contributed by atoms with Crippen LogP contribution in [0.15, 0.2) is 0 Å². The number of hydrogen-bond donors (Lipinski definition) is 0. The van der Waals surface area contributed by atoms with E-state index >= 15 is 0 Å². The van der Waals surface area contributed by atoms with Gasteiger partial charge in [-0.25, -0.2) is 0 Å². The van der Waals surface area contributed by atoms with Crippen LogP contribution >= 0.6 is 0 Å². The second-order valence-electron chi connectivity index (χ2n) is 16.7. The van der Waals surface area contributed by atoms with Gasteiger partial charge in [-0.1, -0.05) is 0 Å². The Morgan fingerprint density at radius 3 is 0.344 bits per heavy atom. The van der Waals surface area contributed by atoms with Crippen molar-refractivity contribution in [3.63, 3.8) is 0 Å². The molecule has 0 aliphatic heterocycles. The van der Waals surface area contributed by atoms with Gasteiger partial charge < -0.3 is 0 Å². The van der Waals surface area contributed by atoms with E-state index in [9.17, 15) is 0 Å². The molecule has 0 bridgehead atoms. The van der Waals surface area contributed by atoms with Crippen LogP contribution < -0.4 is 0 Å². The van der Waals surface area contributed by atoms with Crippen molar-refractivity contribution in [3.05, 3.63) is 0 Å². The van der Waals surface area contributed by atoms with Crippen LogP contribution in [-0.2, 0) is 0 Å². The zero-order valence-electron chi connectivity index (χ0n) is 19.9. The van der Waals surface area contributed by atoms with Gasteiger partial charge in [0.2, 0.25) is 0 Å². The van der Waals surface area contributed by atoms with Gasteiger partial charge in [-0.05, 0) is 193 Å². The lowest BCUT2D eigenvalue weighted by atomic mass is 8.67. The average molecular weight is 425 g/mol. The van der Waals surface area contributed by atoms with Crippen molar-refractivity contribution in [2.24, 2.45) is 90.7 Å². The summed E-state index contributed by atoms with van der Waals surface area (Å²) >= 11 is 0. The summed E-state index contributed by atoms with van der Waals surface area (Å²) in [5.74, 6) is 9.94.